The van der Waals surface area contributed by atoms with Gasteiger partial charge in [0.1, 0.15) is 5.69 Å². The summed E-state index contributed by atoms with van der Waals surface area (Å²) in [6, 6.07) is 20.4. The number of non-ortho nitro benzene ring substituents is 1. The Morgan fingerprint density at radius 3 is 2.39 bits per heavy atom. The molecule has 0 spiro atoms. The predicted octanol–water partition coefficient (Wildman–Crippen LogP) is 6.74. The number of aromatic hydroxyl groups is 1. The van der Waals surface area contributed by atoms with Gasteiger partial charge >= 0.3 is 0 Å². The van der Waals surface area contributed by atoms with Crippen molar-refractivity contribution >= 4 is 39.4 Å². The van der Waals surface area contributed by atoms with Crippen LogP contribution in [-0.4, -0.2) is 15.9 Å². The van der Waals surface area contributed by atoms with E-state index in [4.69, 9.17) is 0 Å². The second kappa shape index (κ2) is 8.88. The molecule has 0 heterocycles. The van der Waals surface area contributed by atoms with Crippen molar-refractivity contribution in [2.75, 3.05) is 5.32 Å². The van der Waals surface area contributed by atoms with Gasteiger partial charge in [-0.05, 0) is 48.6 Å². The average Bonchev–Trinajstić information content (AvgIpc) is 2.80. The zero-order chi connectivity index (χ0) is 23.5. The molecule has 0 aliphatic heterocycles. The van der Waals surface area contributed by atoms with Gasteiger partial charge in [0.25, 0.3) is 11.6 Å². The minimum absolute atomic E-state index is 0.0466. The lowest BCUT2D eigenvalue weighted by atomic mass is 10.0. The third kappa shape index (κ3) is 4.40. The molecule has 0 aromatic heterocycles. The van der Waals surface area contributed by atoms with Crippen LogP contribution in [-0.2, 0) is 0 Å². The molecular formula is C25H20N4O4. The molecule has 1 amide bonds. The van der Waals surface area contributed by atoms with Gasteiger partial charge in [-0.1, -0.05) is 42.5 Å². The van der Waals surface area contributed by atoms with Gasteiger partial charge in [0.2, 0.25) is 0 Å². The average molecular weight is 440 g/mol. The van der Waals surface area contributed by atoms with Gasteiger partial charge in [0.15, 0.2) is 5.75 Å². The van der Waals surface area contributed by atoms with Gasteiger partial charge in [-0.25, -0.2) is 0 Å². The highest BCUT2D eigenvalue weighted by atomic mass is 16.6. The number of nitro benzene ring substituents is 1. The molecule has 0 radical (unpaired) electrons. The summed E-state index contributed by atoms with van der Waals surface area (Å²) in [6.07, 6.45) is 0. The maximum absolute atomic E-state index is 13.0. The fraction of sp³-hybridized carbons (Fsp3) is 0.0800. The number of hydrogen-bond acceptors (Lipinski definition) is 6. The van der Waals surface area contributed by atoms with Crippen LogP contribution in [0, 0.1) is 24.0 Å². The van der Waals surface area contributed by atoms with Gasteiger partial charge < -0.3 is 10.4 Å². The normalized spacial score (nSPS) is 11.1. The van der Waals surface area contributed by atoms with Crippen LogP contribution in [0.4, 0.5) is 22.7 Å². The first-order valence-corrected chi connectivity index (χ1v) is 10.1. The number of aryl methyl sites for hydroxylation is 2. The topological polar surface area (TPSA) is 117 Å². The fourth-order valence-electron chi connectivity index (χ4n) is 3.46. The smallest absolute Gasteiger partial charge is 0.269 e. The summed E-state index contributed by atoms with van der Waals surface area (Å²) < 4.78 is 0. The van der Waals surface area contributed by atoms with Gasteiger partial charge in [-0.15, -0.1) is 5.11 Å². The number of amides is 1. The number of hydrogen-bond donors (Lipinski definition) is 2. The van der Waals surface area contributed by atoms with Crippen LogP contribution >= 0.6 is 0 Å². The maximum atomic E-state index is 13.0. The molecule has 0 saturated heterocycles. The van der Waals surface area contributed by atoms with E-state index in [0.717, 1.165) is 5.56 Å². The lowest BCUT2D eigenvalue weighted by molar-refractivity contribution is -0.384. The van der Waals surface area contributed by atoms with Crippen molar-refractivity contribution in [1.29, 1.82) is 0 Å². The highest BCUT2D eigenvalue weighted by molar-refractivity contribution is 6.11. The quantitative estimate of drug-likeness (QED) is 0.203. The van der Waals surface area contributed by atoms with E-state index in [0.29, 0.717) is 27.7 Å². The van der Waals surface area contributed by atoms with Gasteiger partial charge in [-0.2, -0.15) is 5.11 Å². The minimum atomic E-state index is -0.482. The third-order valence-corrected chi connectivity index (χ3v) is 5.28. The number of azo groups is 1. The zero-order valence-electron chi connectivity index (χ0n) is 17.9. The second-order valence-corrected chi connectivity index (χ2v) is 7.54. The van der Waals surface area contributed by atoms with Gasteiger partial charge in [0.05, 0.1) is 16.2 Å². The number of fused-ring (bicyclic) bond motifs is 1. The van der Waals surface area contributed by atoms with Crippen molar-refractivity contribution in [2.24, 2.45) is 10.2 Å². The van der Waals surface area contributed by atoms with Crippen LogP contribution < -0.4 is 5.32 Å². The number of anilines is 1. The van der Waals surface area contributed by atoms with Crippen molar-refractivity contribution < 1.29 is 14.8 Å². The SMILES string of the molecule is Cc1cc([N+](=O)[O-])ccc1/N=N/c1c(O)c(C(=O)Nc2ccccc2C)cc2ccccc12. The Labute approximate surface area is 189 Å². The number of carbonyl (C=O) groups is 1. The molecule has 0 aliphatic carbocycles. The van der Waals surface area contributed by atoms with Crippen molar-refractivity contribution in [3.8, 4) is 5.75 Å². The Bertz CT molecular complexity index is 1430. The molecule has 0 aliphatic rings. The molecule has 0 fully saturated rings. The number of para-hydroxylation sites is 1. The van der Waals surface area contributed by atoms with Crippen LogP contribution in [0.2, 0.25) is 0 Å². The van der Waals surface area contributed by atoms with Crippen LogP contribution in [0.1, 0.15) is 21.5 Å². The summed E-state index contributed by atoms with van der Waals surface area (Å²) in [5.74, 6) is -0.779. The zero-order valence-corrected chi connectivity index (χ0v) is 17.9. The Morgan fingerprint density at radius 2 is 1.67 bits per heavy atom. The number of carbonyl (C=O) groups excluding carboxylic acids is 1. The maximum Gasteiger partial charge on any atom is 0.269 e. The summed E-state index contributed by atoms with van der Waals surface area (Å²) in [7, 11) is 0. The number of phenolic OH excluding ortho intramolecular Hbond substituents is 1. The van der Waals surface area contributed by atoms with Crippen molar-refractivity contribution in [2.45, 2.75) is 13.8 Å². The molecule has 164 valence electrons. The van der Waals surface area contributed by atoms with Crippen LogP contribution in [0.3, 0.4) is 0 Å². The summed E-state index contributed by atoms with van der Waals surface area (Å²) >= 11 is 0. The second-order valence-electron chi connectivity index (χ2n) is 7.54. The van der Waals surface area contributed by atoms with E-state index in [1.165, 1.54) is 18.2 Å². The number of nitro groups is 1. The fourth-order valence-corrected chi connectivity index (χ4v) is 3.46. The largest absolute Gasteiger partial charge is 0.505 e. The van der Waals surface area contributed by atoms with E-state index >= 15 is 0 Å². The Kier molecular flexibility index (Phi) is 5.82. The summed E-state index contributed by atoms with van der Waals surface area (Å²) in [5.41, 5.74) is 2.66. The molecule has 4 aromatic rings. The molecule has 0 atom stereocenters. The first-order chi connectivity index (χ1) is 15.8. The first kappa shape index (κ1) is 21.6. The molecule has 2 N–H and O–H groups in total. The summed E-state index contributed by atoms with van der Waals surface area (Å²) in [5, 5.41) is 34.5. The van der Waals surface area contributed by atoms with Crippen LogP contribution in [0.25, 0.3) is 10.8 Å². The molecule has 33 heavy (non-hydrogen) atoms. The summed E-state index contributed by atoms with van der Waals surface area (Å²) in [4.78, 5) is 23.5. The van der Waals surface area contributed by atoms with Crippen molar-refractivity contribution in [3.63, 3.8) is 0 Å². The molecule has 8 heteroatoms. The van der Waals surface area contributed by atoms with E-state index in [1.54, 1.807) is 31.2 Å². The molecule has 0 bridgehead atoms. The van der Waals surface area contributed by atoms with Crippen LogP contribution in [0.5, 0.6) is 5.75 Å². The van der Waals surface area contributed by atoms with E-state index in [2.05, 4.69) is 15.5 Å². The highest BCUT2D eigenvalue weighted by Crippen LogP contribution is 2.40. The predicted molar refractivity (Wildman–Crippen MR) is 127 cm³/mol. The van der Waals surface area contributed by atoms with E-state index in [9.17, 15) is 20.0 Å². The minimum Gasteiger partial charge on any atom is -0.505 e. The molecule has 4 rings (SSSR count). The molecule has 0 unspecified atom stereocenters. The van der Waals surface area contributed by atoms with E-state index in [1.807, 2.05) is 37.3 Å². The third-order valence-electron chi connectivity index (χ3n) is 5.28. The lowest BCUT2D eigenvalue weighted by Crippen LogP contribution is -2.13. The van der Waals surface area contributed by atoms with E-state index in [-0.39, 0.29) is 22.7 Å². The molecule has 0 saturated carbocycles. The number of benzene rings is 4. The number of phenols is 1. The molecular weight excluding hydrogens is 420 g/mol. The highest BCUT2D eigenvalue weighted by Gasteiger charge is 2.19. The van der Waals surface area contributed by atoms with Crippen LogP contribution in [0.15, 0.2) is 83.0 Å². The molecule has 4 aromatic carbocycles. The van der Waals surface area contributed by atoms with Gasteiger partial charge in [0, 0.05) is 23.2 Å². The number of rotatable bonds is 5. The van der Waals surface area contributed by atoms with E-state index < -0.39 is 10.8 Å². The lowest BCUT2D eigenvalue weighted by Gasteiger charge is -2.12. The van der Waals surface area contributed by atoms with Crippen molar-refractivity contribution in [3.05, 3.63) is 99.6 Å². The Balaban J connectivity index is 1.77. The Morgan fingerprint density at radius 1 is 0.939 bits per heavy atom. The monoisotopic (exact) mass is 440 g/mol. The number of nitrogens with zero attached hydrogens (tertiary/aromatic N) is 3. The number of nitrogens with one attached hydrogen (secondary N) is 1. The van der Waals surface area contributed by atoms with Crippen molar-refractivity contribution in [1.82, 2.24) is 0 Å². The van der Waals surface area contributed by atoms with Gasteiger partial charge in [-0.3, -0.25) is 14.9 Å². The molecule has 8 nitrogen and oxygen atoms in total. The summed E-state index contributed by atoms with van der Waals surface area (Å²) in [6.45, 7) is 3.56. The Hall–Kier alpha value is -4.59. The first-order valence-electron chi connectivity index (χ1n) is 10.1. The standard InChI is InChI=1S/C25H20N4O4/c1-15-7-3-6-10-21(15)26-25(31)20-14-17-8-4-5-9-19(17)23(24(20)30)28-27-22-12-11-18(29(32)33)13-16(22)2/h3-14,30H,1-2H3,(H,26,31)/b28-27+.